The summed E-state index contributed by atoms with van der Waals surface area (Å²) in [7, 11) is 0. The van der Waals surface area contributed by atoms with Crippen LogP contribution in [0, 0.1) is 5.92 Å². The Labute approximate surface area is 112 Å². The first-order valence-electron chi connectivity index (χ1n) is 7.61. The number of ether oxygens (including phenoxy) is 1. The van der Waals surface area contributed by atoms with E-state index in [1.54, 1.807) is 0 Å². The zero-order valence-corrected chi connectivity index (χ0v) is 12.2. The van der Waals surface area contributed by atoms with Gasteiger partial charge >= 0.3 is 5.97 Å². The molecule has 0 aromatic heterocycles. The van der Waals surface area contributed by atoms with Crippen LogP contribution in [0.15, 0.2) is 0 Å². The molecule has 0 saturated heterocycles. The highest BCUT2D eigenvalue weighted by Gasteiger charge is 2.25. The van der Waals surface area contributed by atoms with Gasteiger partial charge in [0.05, 0.1) is 6.61 Å². The van der Waals surface area contributed by atoms with Crippen molar-refractivity contribution in [1.82, 2.24) is 5.32 Å². The van der Waals surface area contributed by atoms with Crippen LogP contribution < -0.4 is 5.32 Å². The molecule has 1 fully saturated rings. The molecule has 3 heteroatoms. The van der Waals surface area contributed by atoms with E-state index >= 15 is 0 Å². The van der Waals surface area contributed by atoms with Crippen molar-refractivity contribution in [3.05, 3.63) is 0 Å². The van der Waals surface area contributed by atoms with Crippen molar-refractivity contribution in [3.63, 3.8) is 0 Å². The van der Waals surface area contributed by atoms with Crippen LogP contribution in [0.5, 0.6) is 0 Å². The van der Waals surface area contributed by atoms with Crippen LogP contribution in [0.25, 0.3) is 0 Å². The van der Waals surface area contributed by atoms with Gasteiger partial charge in [-0.25, -0.2) is 0 Å². The molecule has 3 nitrogen and oxygen atoms in total. The van der Waals surface area contributed by atoms with Crippen molar-refractivity contribution in [3.8, 4) is 0 Å². The lowest BCUT2D eigenvalue weighted by Crippen LogP contribution is -2.46. The van der Waals surface area contributed by atoms with Crippen LogP contribution in [-0.4, -0.2) is 24.7 Å². The van der Waals surface area contributed by atoms with E-state index in [9.17, 15) is 4.79 Å². The summed E-state index contributed by atoms with van der Waals surface area (Å²) in [5, 5.41) is 3.50. The number of hydrogen-bond acceptors (Lipinski definition) is 3. The van der Waals surface area contributed by atoms with Gasteiger partial charge in [0.1, 0.15) is 6.04 Å². The Hall–Kier alpha value is -0.570. The number of carbonyl (C=O) groups is 1. The summed E-state index contributed by atoms with van der Waals surface area (Å²) >= 11 is 0. The maximum atomic E-state index is 11.9. The van der Waals surface area contributed by atoms with Crippen molar-refractivity contribution in [2.24, 2.45) is 5.92 Å². The molecule has 1 N–H and O–H groups in total. The predicted molar refractivity (Wildman–Crippen MR) is 74.5 cm³/mol. The van der Waals surface area contributed by atoms with Crippen molar-refractivity contribution in [2.45, 2.75) is 77.8 Å². The zero-order valence-electron chi connectivity index (χ0n) is 12.2. The molecule has 1 unspecified atom stereocenters. The monoisotopic (exact) mass is 255 g/mol. The molecule has 0 radical (unpaired) electrons. The quantitative estimate of drug-likeness (QED) is 0.710. The zero-order chi connectivity index (χ0) is 13.4. The van der Waals surface area contributed by atoms with E-state index in [1.807, 2.05) is 6.92 Å². The highest BCUT2D eigenvalue weighted by molar-refractivity contribution is 5.75. The van der Waals surface area contributed by atoms with Gasteiger partial charge in [-0.15, -0.1) is 0 Å². The van der Waals surface area contributed by atoms with Crippen LogP contribution in [0.3, 0.4) is 0 Å². The lowest BCUT2D eigenvalue weighted by molar-refractivity contribution is -0.146. The Morgan fingerprint density at radius 2 is 1.94 bits per heavy atom. The van der Waals surface area contributed by atoms with Crippen LogP contribution in [0.1, 0.15) is 65.7 Å². The maximum Gasteiger partial charge on any atom is 0.323 e. The Morgan fingerprint density at radius 3 is 2.50 bits per heavy atom. The minimum absolute atomic E-state index is 0.0815. The normalized spacial score (nSPS) is 20.4. The van der Waals surface area contributed by atoms with Crippen molar-refractivity contribution < 1.29 is 9.53 Å². The molecule has 1 rings (SSSR count). The molecule has 0 aliphatic heterocycles. The lowest BCUT2D eigenvalue weighted by atomic mass is 9.84. The first-order valence-corrected chi connectivity index (χ1v) is 7.61. The summed E-state index contributed by atoms with van der Waals surface area (Å²) in [6, 6.07) is 0.304. The molecule has 0 heterocycles. The summed E-state index contributed by atoms with van der Waals surface area (Å²) < 4.78 is 5.14. The van der Waals surface area contributed by atoms with Gasteiger partial charge in [0.15, 0.2) is 0 Å². The first kappa shape index (κ1) is 15.5. The summed E-state index contributed by atoms with van der Waals surface area (Å²) in [6.07, 6.45) is 8.54. The van der Waals surface area contributed by atoms with Crippen molar-refractivity contribution in [2.75, 3.05) is 6.61 Å². The van der Waals surface area contributed by atoms with E-state index < -0.39 is 0 Å². The molecule has 0 amide bonds. The topological polar surface area (TPSA) is 38.3 Å². The van der Waals surface area contributed by atoms with E-state index in [-0.39, 0.29) is 12.0 Å². The Kier molecular flexibility index (Phi) is 7.33. The van der Waals surface area contributed by atoms with Crippen LogP contribution in [-0.2, 0) is 9.53 Å². The average molecular weight is 255 g/mol. The number of nitrogens with one attached hydrogen (secondary N) is 1. The summed E-state index contributed by atoms with van der Waals surface area (Å²) in [5.74, 6) is 0.648. The van der Waals surface area contributed by atoms with E-state index in [1.165, 1.54) is 32.1 Å². The van der Waals surface area contributed by atoms with Gasteiger partial charge in [0, 0.05) is 6.04 Å². The minimum Gasteiger partial charge on any atom is -0.465 e. The second kappa shape index (κ2) is 8.52. The number of carbonyl (C=O) groups excluding carboxylic acids is 1. The van der Waals surface area contributed by atoms with Gasteiger partial charge < -0.3 is 10.1 Å². The fraction of sp³-hybridized carbons (Fsp3) is 0.933. The van der Waals surface area contributed by atoms with Crippen molar-refractivity contribution >= 4 is 5.97 Å². The van der Waals surface area contributed by atoms with E-state index in [4.69, 9.17) is 4.74 Å². The summed E-state index contributed by atoms with van der Waals surface area (Å²) in [5.41, 5.74) is 0. The Bertz CT molecular complexity index is 237. The van der Waals surface area contributed by atoms with E-state index in [0.29, 0.717) is 12.6 Å². The molecule has 1 aliphatic carbocycles. The largest absolute Gasteiger partial charge is 0.465 e. The Balaban J connectivity index is 2.45. The third-order valence-electron chi connectivity index (χ3n) is 3.97. The van der Waals surface area contributed by atoms with Gasteiger partial charge in [-0.2, -0.15) is 0 Å². The lowest BCUT2D eigenvalue weighted by Gasteiger charge is -2.31. The number of esters is 1. The molecular formula is C15H29NO2. The second-order valence-corrected chi connectivity index (χ2v) is 5.45. The third kappa shape index (κ3) is 4.97. The van der Waals surface area contributed by atoms with Gasteiger partial charge in [0.25, 0.3) is 0 Å². The number of rotatable bonds is 7. The molecule has 106 valence electrons. The first-order chi connectivity index (χ1) is 8.69. The smallest absolute Gasteiger partial charge is 0.323 e. The summed E-state index contributed by atoms with van der Waals surface area (Å²) in [6.45, 7) is 6.67. The summed E-state index contributed by atoms with van der Waals surface area (Å²) in [4.78, 5) is 11.9. The molecule has 0 aromatic carbocycles. The molecule has 1 aliphatic rings. The highest BCUT2D eigenvalue weighted by atomic mass is 16.5. The van der Waals surface area contributed by atoms with Crippen LogP contribution in [0.4, 0.5) is 0 Å². The standard InChI is InChI=1S/C15H29NO2/c1-4-9-14(15(17)18-5-2)16-12(3)13-10-7-6-8-11-13/h12-14,16H,4-11H2,1-3H3/t12-,14?/m0/s1. The van der Waals surface area contributed by atoms with Gasteiger partial charge in [0.2, 0.25) is 0 Å². The molecule has 0 bridgehead atoms. The maximum absolute atomic E-state index is 11.9. The third-order valence-corrected chi connectivity index (χ3v) is 3.97. The van der Waals surface area contributed by atoms with Crippen LogP contribution >= 0.6 is 0 Å². The minimum atomic E-state index is -0.119. The fourth-order valence-corrected chi connectivity index (χ4v) is 2.89. The molecule has 0 spiro atoms. The molecule has 18 heavy (non-hydrogen) atoms. The average Bonchev–Trinajstić information content (AvgIpc) is 2.39. The van der Waals surface area contributed by atoms with Crippen LogP contribution in [0.2, 0.25) is 0 Å². The van der Waals surface area contributed by atoms with E-state index in [0.717, 1.165) is 18.8 Å². The molecule has 0 aromatic rings. The molecule has 1 saturated carbocycles. The SMILES string of the molecule is CCCC(N[C@@H](C)C1CCCCC1)C(=O)OCC. The highest BCUT2D eigenvalue weighted by Crippen LogP contribution is 2.26. The second-order valence-electron chi connectivity index (χ2n) is 5.45. The van der Waals surface area contributed by atoms with Gasteiger partial charge in [-0.3, -0.25) is 4.79 Å². The Morgan fingerprint density at radius 1 is 1.28 bits per heavy atom. The fourth-order valence-electron chi connectivity index (χ4n) is 2.89. The number of hydrogen-bond donors (Lipinski definition) is 1. The van der Waals surface area contributed by atoms with Gasteiger partial charge in [-0.05, 0) is 39.0 Å². The molecule has 2 atom stereocenters. The van der Waals surface area contributed by atoms with Gasteiger partial charge in [-0.1, -0.05) is 32.6 Å². The van der Waals surface area contributed by atoms with Crippen molar-refractivity contribution in [1.29, 1.82) is 0 Å². The molecular weight excluding hydrogens is 226 g/mol. The predicted octanol–water partition coefficient (Wildman–Crippen LogP) is 3.28. The van der Waals surface area contributed by atoms with E-state index in [2.05, 4.69) is 19.2 Å².